The Morgan fingerprint density at radius 1 is 1.04 bits per heavy atom. The Kier molecular flexibility index (Phi) is 5.06. The third kappa shape index (κ3) is 3.78. The summed E-state index contributed by atoms with van der Waals surface area (Å²) >= 11 is 0. The average molecular weight is 317 g/mol. The number of piperazine rings is 1. The van der Waals surface area contributed by atoms with E-state index >= 15 is 0 Å². The smallest absolute Gasteiger partial charge is 0.225 e. The maximum atomic E-state index is 12.6. The molecule has 1 amide bonds. The SMILES string of the molecule is CN(C)c1ccc(N2CCN(C(=O)C3CCOCC3)CC2)cc1. The van der Waals surface area contributed by atoms with Crippen LogP contribution in [0.15, 0.2) is 24.3 Å². The fraction of sp³-hybridized carbons (Fsp3) is 0.611. The molecule has 0 unspecified atom stereocenters. The summed E-state index contributed by atoms with van der Waals surface area (Å²) in [6.07, 6.45) is 1.76. The molecule has 0 bridgehead atoms. The van der Waals surface area contributed by atoms with E-state index < -0.39 is 0 Å². The van der Waals surface area contributed by atoms with Crippen molar-refractivity contribution in [3.8, 4) is 0 Å². The Balaban J connectivity index is 1.54. The molecule has 0 aromatic heterocycles. The van der Waals surface area contributed by atoms with Crippen molar-refractivity contribution in [3.05, 3.63) is 24.3 Å². The summed E-state index contributed by atoms with van der Waals surface area (Å²) in [7, 11) is 4.10. The van der Waals surface area contributed by atoms with E-state index in [4.69, 9.17) is 4.74 Å². The van der Waals surface area contributed by atoms with Crippen LogP contribution in [-0.4, -0.2) is 64.3 Å². The maximum Gasteiger partial charge on any atom is 0.225 e. The molecule has 1 aromatic carbocycles. The van der Waals surface area contributed by atoms with Gasteiger partial charge in [-0.3, -0.25) is 4.79 Å². The van der Waals surface area contributed by atoms with Gasteiger partial charge in [-0.15, -0.1) is 0 Å². The lowest BCUT2D eigenvalue weighted by Crippen LogP contribution is -2.51. The van der Waals surface area contributed by atoms with Gasteiger partial charge in [-0.1, -0.05) is 0 Å². The first-order chi connectivity index (χ1) is 11.1. The second-order valence-corrected chi connectivity index (χ2v) is 6.61. The van der Waals surface area contributed by atoms with Gasteiger partial charge in [0.1, 0.15) is 0 Å². The molecule has 0 saturated carbocycles. The third-order valence-electron chi connectivity index (χ3n) is 4.89. The zero-order valence-corrected chi connectivity index (χ0v) is 14.2. The van der Waals surface area contributed by atoms with Gasteiger partial charge in [0.25, 0.3) is 0 Å². The summed E-state index contributed by atoms with van der Waals surface area (Å²) in [5, 5.41) is 0. The summed E-state index contributed by atoms with van der Waals surface area (Å²) in [4.78, 5) is 19.1. The number of hydrogen-bond donors (Lipinski definition) is 0. The number of amides is 1. The molecule has 2 fully saturated rings. The van der Waals surface area contributed by atoms with Crippen molar-refractivity contribution < 1.29 is 9.53 Å². The van der Waals surface area contributed by atoms with Crippen molar-refractivity contribution in [2.24, 2.45) is 5.92 Å². The topological polar surface area (TPSA) is 36.0 Å². The molecular weight excluding hydrogens is 290 g/mol. The molecule has 0 atom stereocenters. The summed E-state index contributed by atoms with van der Waals surface area (Å²) < 4.78 is 5.36. The number of rotatable bonds is 3. The van der Waals surface area contributed by atoms with Crippen molar-refractivity contribution in [1.29, 1.82) is 0 Å². The van der Waals surface area contributed by atoms with Gasteiger partial charge in [-0.25, -0.2) is 0 Å². The van der Waals surface area contributed by atoms with Gasteiger partial charge >= 0.3 is 0 Å². The summed E-state index contributed by atoms with van der Waals surface area (Å²) in [5.74, 6) is 0.505. The highest BCUT2D eigenvalue weighted by Gasteiger charge is 2.28. The van der Waals surface area contributed by atoms with Crippen molar-refractivity contribution in [2.75, 3.05) is 63.3 Å². The van der Waals surface area contributed by atoms with Crippen LogP contribution in [0.25, 0.3) is 0 Å². The molecule has 2 aliphatic heterocycles. The van der Waals surface area contributed by atoms with Crippen LogP contribution in [0.1, 0.15) is 12.8 Å². The summed E-state index contributed by atoms with van der Waals surface area (Å²) in [6, 6.07) is 8.64. The third-order valence-corrected chi connectivity index (χ3v) is 4.89. The highest BCUT2D eigenvalue weighted by Crippen LogP contribution is 2.22. The Labute approximate surface area is 138 Å². The van der Waals surface area contributed by atoms with Gasteiger partial charge in [0.05, 0.1) is 0 Å². The number of carbonyl (C=O) groups excluding carboxylic acids is 1. The van der Waals surface area contributed by atoms with Crippen LogP contribution >= 0.6 is 0 Å². The van der Waals surface area contributed by atoms with Gasteiger partial charge in [-0.05, 0) is 37.1 Å². The highest BCUT2D eigenvalue weighted by atomic mass is 16.5. The zero-order chi connectivity index (χ0) is 16.2. The number of anilines is 2. The second-order valence-electron chi connectivity index (χ2n) is 6.61. The van der Waals surface area contributed by atoms with E-state index in [0.717, 1.165) is 52.2 Å². The monoisotopic (exact) mass is 317 g/mol. The summed E-state index contributed by atoms with van der Waals surface area (Å²) in [5.41, 5.74) is 2.45. The average Bonchev–Trinajstić information content (AvgIpc) is 2.62. The minimum absolute atomic E-state index is 0.176. The van der Waals surface area contributed by atoms with Crippen LogP contribution < -0.4 is 9.80 Å². The van der Waals surface area contributed by atoms with E-state index in [1.165, 1.54) is 11.4 Å². The van der Waals surface area contributed by atoms with Gasteiger partial charge in [0.2, 0.25) is 5.91 Å². The van der Waals surface area contributed by atoms with Gasteiger partial charge in [0.15, 0.2) is 0 Å². The molecule has 0 spiro atoms. The molecule has 2 aliphatic rings. The van der Waals surface area contributed by atoms with Crippen molar-refractivity contribution in [3.63, 3.8) is 0 Å². The molecule has 3 rings (SSSR count). The van der Waals surface area contributed by atoms with E-state index in [0.29, 0.717) is 5.91 Å². The van der Waals surface area contributed by atoms with Gasteiger partial charge in [0, 0.05) is 70.8 Å². The number of benzene rings is 1. The van der Waals surface area contributed by atoms with Crippen LogP contribution in [0, 0.1) is 5.92 Å². The molecule has 5 nitrogen and oxygen atoms in total. The second kappa shape index (κ2) is 7.21. The molecule has 0 N–H and O–H groups in total. The molecule has 2 saturated heterocycles. The van der Waals surface area contributed by atoms with E-state index in [2.05, 4.69) is 48.2 Å². The molecule has 0 aliphatic carbocycles. The Hall–Kier alpha value is -1.75. The first-order valence-electron chi connectivity index (χ1n) is 8.54. The van der Waals surface area contributed by atoms with Crippen LogP contribution in [0.2, 0.25) is 0 Å². The normalized spacial score (nSPS) is 19.7. The Morgan fingerprint density at radius 3 is 2.22 bits per heavy atom. The molecule has 126 valence electrons. The van der Waals surface area contributed by atoms with E-state index in [9.17, 15) is 4.79 Å². The maximum absolute atomic E-state index is 12.6. The molecule has 2 heterocycles. The van der Waals surface area contributed by atoms with Crippen LogP contribution in [0.5, 0.6) is 0 Å². The predicted molar refractivity (Wildman–Crippen MR) is 93.1 cm³/mol. The number of carbonyl (C=O) groups is 1. The van der Waals surface area contributed by atoms with Crippen LogP contribution in [-0.2, 0) is 9.53 Å². The van der Waals surface area contributed by atoms with E-state index in [-0.39, 0.29) is 5.92 Å². The Bertz CT molecular complexity index is 516. The minimum atomic E-state index is 0.176. The van der Waals surface area contributed by atoms with Gasteiger partial charge in [-0.2, -0.15) is 0 Å². The largest absolute Gasteiger partial charge is 0.381 e. The standard InChI is InChI=1S/C18H27N3O2/c1-19(2)16-3-5-17(6-4-16)20-9-11-21(12-10-20)18(22)15-7-13-23-14-8-15/h3-6,15H,7-14H2,1-2H3. The quantitative estimate of drug-likeness (QED) is 0.852. The number of ether oxygens (including phenoxy) is 1. The molecular formula is C18H27N3O2. The zero-order valence-electron chi connectivity index (χ0n) is 14.2. The minimum Gasteiger partial charge on any atom is -0.381 e. The molecule has 5 heteroatoms. The molecule has 0 radical (unpaired) electrons. The van der Waals surface area contributed by atoms with Crippen LogP contribution in [0.3, 0.4) is 0 Å². The van der Waals surface area contributed by atoms with E-state index in [1.807, 2.05) is 4.90 Å². The first kappa shape index (κ1) is 16.1. The number of nitrogens with zero attached hydrogens (tertiary/aromatic N) is 3. The summed E-state index contributed by atoms with van der Waals surface area (Å²) in [6.45, 7) is 4.94. The molecule has 1 aromatic rings. The van der Waals surface area contributed by atoms with Crippen molar-refractivity contribution in [1.82, 2.24) is 4.90 Å². The van der Waals surface area contributed by atoms with E-state index in [1.54, 1.807) is 0 Å². The lowest BCUT2D eigenvalue weighted by molar-refractivity contribution is -0.138. The Morgan fingerprint density at radius 2 is 1.65 bits per heavy atom. The molecule has 23 heavy (non-hydrogen) atoms. The predicted octanol–water partition coefficient (Wildman–Crippen LogP) is 1.83. The van der Waals surface area contributed by atoms with Crippen molar-refractivity contribution >= 4 is 17.3 Å². The van der Waals surface area contributed by atoms with Crippen molar-refractivity contribution in [2.45, 2.75) is 12.8 Å². The van der Waals surface area contributed by atoms with Gasteiger partial charge < -0.3 is 19.4 Å². The lowest BCUT2D eigenvalue weighted by Gasteiger charge is -2.38. The lowest BCUT2D eigenvalue weighted by atomic mass is 9.98. The first-order valence-corrected chi connectivity index (χ1v) is 8.54. The number of hydrogen-bond acceptors (Lipinski definition) is 4. The fourth-order valence-electron chi connectivity index (χ4n) is 3.35. The van der Waals surface area contributed by atoms with Crippen LogP contribution in [0.4, 0.5) is 11.4 Å². The fourth-order valence-corrected chi connectivity index (χ4v) is 3.35. The highest BCUT2D eigenvalue weighted by molar-refractivity contribution is 5.79.